The number of nitrogens with one attached hydrogen (secondary N) is 1. The molecular formula is C35H37F3N8O4. The first-order chi connectivity index (χ1) is 24.0. The number of hydrogen-bond acceptors (Lipinski definition) is 7. The number of aromatic nitrogens is 4. The van der Waals surface area contributed by atoms with Crippen LogP contribution in [0, 0.1) is 0 Å². The molecule has 2 aliphatic rings. The molecule has 2 atom stereocenters. The molecule has 0 aliphatic carbocycles. The Kier molecular flexibility index (Phi) is 9.88. The number of fused-ring (bicyclic) bond motifs is 1. The van der Waals surface area contributed by atoms with Gasteiger partial charge in [0.1, 0.15) is 17.6 Å². The number of likely N-dealkylation sites (N-methyl/N-ethyl adjacent to an activating group) is 2. The number of rotatable bonds is 10. The van der Waals surface area contributed by atoms with E-state index in [4.69, 9.17) is 4.74 Å². The third-order valence-electron chi connectivity index (χ3n) is 8.74. The lowest BCUT2D eigenvalue weighted by molar-refractivity contribution is -0.212. The van der Waals surface area contributed by atoms with Crippen LogP contribution in [0.5, 0.6) is 0 Å². The normalized spacial score (nSPS) is 18.1. The number of benzene rings is 2. The highest BCUT2D eigenvalue weighted by Gasteiger charge is 2.45. The summed E-state index contributed by atoms with van der Waals surface area (Å²) < 4.78 is 46.7. The van der Waals surface area contributed by atoms with Gasteiger partial charge in [-0.15, -0.1) is 13.2 Å². The van der Waals surface area contributed by atoms with Gasteiger partial charge in [-0.2, -0.15) is 14.9 Å². The predicted molar refractivity (Wildman–Crippen MR) is 177 cm³/mol. The Labute approximate surface area is 286 Å². The van der Waals surface area contributed by atoms with Crippen LogP contribution in [-0.2, 0) is 27.2 Å². The minimum absolute atomic E-state index is 0.220. The summed E-state index contributed by atoms with van der Waals surface area (Å²) in [5.41, 5.74) is 2.66. The van der Waals surface area contributed by atoms with E-state index in [0.29, 0.717) is 54.3 Å². The van der Waals surface area contributed by atoms with Crippen molar-refractivity contribution in [2.45, 2.75) is 38.1 Å². The molecule has 4 heterocycles. The van der Waals surface area contributed by atoms with Crippen LogP contribution in [0.25, 0.3) is 5.69 Å². The van der Waals surface area contributed by atoms with Gasteiger partial charge in [-0.25, -0.2) is 4.68 Å². The zero-order valence-corrected chi connectivity index (χ0v) is 27.6. The summed E-state index contributed by atoms with van der Waals surface area (Å²) in [7, 11) is 1.68. The van der Waals surface area contributed by atoms with E-state index in [2.05, 4.69) is 22.1 Å². The number of hydrogen-bond donors (Lipinski definition) is 1. The largest absolute Gasteiger partial charge is 0.504 e. The number of carbonyl (C=O) groups excluding carboxylic acids is 3. The first-order valence-electron chi connectivity index (χ1n) is 16.2. The van der Waals surface area contributed by atoms with Crippen molar-refractivity contribution in [3.8, 4) is 5.69 Å². The third kappa shape index (κ3) is 7.05. The number of nitrogens with zero attached hydrogens (tertiary/aromatic N) is 7. The van der Waals surface area contributed by atoms with Crippen LogP contribution in [0.2, 0.25) is 0 Å². The second kappa shape index (κ2) is 14.3. The van der Waals surface area contributed by atoms with Gasteiger partial charge < -0.3 is 15.0 Å². The van der Waals surface area contributed by atoms with E-state index in [1.807, 2.05) is 47.4 Å². The smallest absolute Gasteiger partial charge is 0.366 e. The van der Waals surface area contributed by atoms with Gasteiger partial charge in [-0.3, -0.25) is 24.2 Å². The van der Waals surface area contributed by atoms with E-state index in [9.17, 15) is 27.6 Å². The molecule has 6 rings (SSSR count). The summed E-state index contributed by atoms with van der Waals surface area (Å²) in [6.07, 6.45) is -1.65. The molecule has 262 valence electrons. The number of carbonyl (C=O) groups is 3. The Balaban J connectivity index is 1.34. The zero-order valence-electron chi connectivity index (χ0n) is 27.6. The van der Waals surface area contributed by atoms with Crippen LogP contribution in [0.15, 0.2) is 85.2 Å². The van der Waals surface area contributed by atoms with Crippen LogP contribution in [0.4, 0.5) is 19.0 Å². The first-order valence-corrected chi connectivity index (χ1v) is 16.2. The maximum absolute atomic E-state index is 14.3. The Hall–Kier alpha value is -5.28. The van der Waals surface area contributed by atoms with E-state index < -0.39 is 35.8 Å². The molecule has 0 bridgehead atoms. The SMILES string of the molecule is C=C(CN1CCCOC1)C(=O)N(C)Cc1cccc([C@@H]2c3cnn(-c4ccccc4)c3N(CC)C(=O)[C@H]2NC(=O)c2ccn(C(F)(F)F)n2)c1. The van der Waals surface area contributed by atoms with Gasteiger partial charge in [0.15, 0.2) is 0 Å². The molecule has 2 aliphatic heterocycles. The average molecular weight is 691 g/mol. The van der Waals surface area contributed by atoms with Crippen molar-refractivity contribution >= 4 is 23.5 Å². The standard InChI is InChI=1S/C35H37F3N8O4/c1-4-44-32-27(19-39-46(32)26-12-6-5-7-13-26)29(30(34(44)49)40-31(47)28-14-16-45(41-28)35(36,37)38)25-11-8-10-24(18-25)21-42(3)33(48)23(2)20-43-15-9-17-50-22-43/h5-8,10-14,16,18-19,29-30H,2,4,9,15,17,20-22H2,1,3H3,(H,40,47)/t29-,30+/m1/s1. The minimum Gasteiger partial charge on any atom is -0.366 e. The van der Waals surface area contributed by atoms with Crippen LogP contribution in [-0.4, -0.2) is 93.1 Å². The fourth-order valence-corrected chi connectivity index (χ4v) is 6.43. The van der Waals surface area contributed by atoms with Gasteiger partial charge in [-0.1, -0.05) is 49.0 Å². The van der Waals surface area contributed by atoms with Crippen molar-refractivity contribution in [3.63, 3.8) is 0 Å². The zero-order chi connectivity index (χ0) is 35.6. The van der Waals surface area contributed by atoms with Crippen molar-refractivity contribution in [2.24, 2.45) is 0 Å². The Morgan fingerprint density at radius 3 is 2.58 bits per heavy atom. The second-order valence-corrected chi connectivity index (χ2v) is 12.2. The van der Waals surface area contributed by atoms with E-state index in [-0.39, 0.29) is 23.7 Å². The summed E-state index contributed by atoms with van der Waals surface area (Å²) >= 11 is 0. The molecule has 1 N–H and O–H groups in total. The van der Waals surface area contributed by atoms with Gasteiger partial charge >= 0.3 is 6.30 Å². The third-order valence-corrected chi connectivity index (χ3v) is 8.74. The number of alkyl halides is 3. The monoisotopic (exact) mass is 690 g/mol. The molecule has 50 heavy (non-hydrogen) atoms. The topological polar surface area (TPSA) is 118 Å². The van der Waals surface area contributed by atoms with Crippen LogP contribution in [0.1, 0.15) is 46.4 Å². The van der Waals surface area contributed by atoms with E-state index in [1.165, 1.54) is 4.90 Å². The molecule has 0 radical (unpaired) electrons. The Bertz CT molecular complexity index is 1880. The fourth-order valence-electron chi connectivity index (χ4n) is 6.43. The summed E-state index contributed by atoms with van der Waals surface area (Å²) in [6.45, 7) is 8.59. The highest BCUT2D eigenvalue weighted by molar-refractivity contribution is 6.04. The lowest BCUT2D eigenvalue weighted by Gasteiger charge is -2.38. The highest BCUT2D eigenvalue weighted by atomic mass is 19.4. The lowest BCUT2D eigenvalue weighted by Crippen LogP contribution is -2.55. The van der Waals surface area contributed by atoms with Gasteiger partial charge in [-0.05, 0) is 42.7 Å². The van der Waals surface area contributed by atoms with Crippen molar-refractivity contribution in [1.29, 1.82) is 0 Å². The first kappa shape index (κ1) is 34.6. The molecule has 0 saturated carbocycles. The number of halogens is 3. The molecule has 4 aromatic rings. The molecule has 2 aromatic carbocycles. The molecule has 12 nitrogen and oxygen atoms in total. The van der Waals surface area contributed by atoms with E-state index >= 15 is 0 Å². The van der Waals surface area contributed by atoms with Gasteiger partial charge in [0, 0.05) is 63.1 Å². The Morgan fingerprint density at radius 2 is 1.90 bits per heavy atom. The van der Waals surface area contributed by atoms with Crippen molar-refractivity contribution < 1.29 is 32.3 Å². The highest BCUT2D eigenvalue weighted by Crippen LogP contribution is 2.41. The fraction of sp³-hybridized carbons (Fsp3) is 0.343. The van der Waals surface area contributed by atoms with Crippen LogP contribution < -0.4 is 10.2 Å². The molecule has 15 heteroatoms. The maximum atomic E-state index is 14.3. The van der Waals surface area contributed by atoms with Crippen molar-refractivity contribution in [1.82, 2.24) is 34.7 Å². The summed E-state index contributed by atoms with van der Waals surface area (Å²) in [4.78, 5) is 46.0. The second-order valence-electron chi connectivity index (χ2n) is 12.2. The number of amides is 3. The van der Waals surface area contributed by atoms with Crippen molar-refractivity contribution in [3.05, 3.63) is 108 Å². The molecule has 2 aromatic heterocycles. The maximum Gasteiger partial charge on any atom is 0.504 e. The summed E-state index contributed by atoms with van der Waals surface area (Å²) in [5, 5.41) is 10.7. The van der Waals surface area contributed by atoms with Gasteiger partial charge in [0.25, 0.3) is 17.7 Å². The van der Waals surface area contributed by atoms with Crippen LogP contribution >= 0.6 is 0 Å². The van der Waals surface area contributed by atoms with Crippen LogP contribution in [0.3, 0.4) is 0 Å². The number of para-hydroxylation sites is 1. The number of anilines is 1. The summed E-state index contributed by atoms with van der Waals surface area (Å²) in [5.74, 6) is -1.91. The lowest BCUT2D eigenvalue weighted by atomic mass is 9.82. The molecule has 3 amide bonds. The molecule has 1 saturated heterocycles. The molecular weight excluding hydrogens is 653 g/mol. The molecule has 1 fully saturated rings. The van der Waals surface area contributed by atoms with E-state index in [0.717, 1.165) is 24.6 Å². The number of ether oxygens (including phenoxy) is 1. The average Bonchev–Trinajstić information content (AvgIpc) is 3.78. The summed E-state index contributed by atoms with van der Waals surface area (Å²) in [6, 6.07) is 16.3. The van der Waals surface area contributed by atoms with Gasteiger partial charge in [0.2, 0.25) is 0 Å². The van der Waals surface area contributed by atoms with Gasteiger partial charge in [0.05, 0.1) is 18.6 Å². The Morgan fingerprint density at radius 1 is 1.12 bits per heavy atom. The van der Waals surface area contributed by atoms with Crippen molar-refractivity contribution in [2.75, 3.05) is 44.9 Å². The quantitative estimate of drug-likeness (QED) is 0.250. The molecule has 0 spiro atoms. The van der Waals surface area contributed by atoms with E-state index in [1.54, 1.807) is 41.9 Å². The minimum atomic E-state index is -4.81. The molecule has 0 unspecified atom stereocenters. The predicted octanol–water partition coefficient (Wildman–Crippen LogP) is 4.04.